The summed E-state index contributed by atoms with van der Waals surface area (Å²) in [4.78, 5) is 14.9. The summed E-state index contributed by atoms with van der Waals surface area (Å²) in [5.41, 5.74) is 6.67. The van der Waals surface area contributed by atoms with Crippen LogP contribution in [0.1, 0.15) is 0 Å². The number of aromatic nitrogens is 4. The highest BCUT2D eigenvalue weighted by Gasteiger charge is 2.30. The first-order chi connectivity index (χ1) is 31.2. The number of para-hydroxylation sites is 2. The van der Waals surface area contributed by atoms with Crippen LogP contribution in [0.2, 0.25) is 0 Å². The monoisotopic (exact) mass is 858 g/mol. The van der Waals surface area contributed by atoms with Gasteiger partial charge in [0.05, 0.1) is 36.9 Å². The fourth-order valence-corrected chi connectivity index (χ4v) is 10.2. The maximum absolute atomic E-state index is 11.5. The number of benzene rings is 8. The van der Waals surface area contributed by atoms with Gasteiger partial charge in [0, 0.05) is 43.8 Å². The van der Waals surface area contributed by atoms with Crippen molar-refractivity contribution in [3.63, 3.8) is 0 Å². The quantitative estimate of drug-likeness (QED) is 0.0642. The standard InChI is InChI=1S/C51H30N4O8S/c56-39-35(47-37(40(57)42(39)59)38-41(58)43(60)44(61)45(62)48(38)64-47)26-21-22-32-30(23-26)27-15-7-8-18-31(27)55(32)33-19-9-16-28-36-29(17-10-20-34(36)63-46(28)33)51-53-49(24-11-3-1-4-12-24)52-50(54-51)25-13-5-2-6-14-25/h1-23,56-62H. The van der Waals surface area contributed by atoms with Gasteiger partial charge in [0.2, 0.25) is 17.2 Å². The van der Waals surface area contributed by atoms with E-state index in [0.29, 0.717) is 34.2 Å². The molecule has 0 bridgehead atoms. The van der Waals surface area contributed by atoms with E-state index in [9.17, 15) is 35.7 Å². The van der Waals surface area contributed by atoms with Crippen molar-refractivity contribution in [1.82, 2.24) is 19.5 Å². The first kappa shape index (κ1) is 37.0. The number of hydrogen-bond acceptors (Lipinski definition) is 12. The molecule has 0 saturated heterocycles. The highest BCUT2D eigenvalue weighted by atomic mass is 32.1. The van der Waals surface area contributed by atoms with Crippen LogP contribution in [0.3, 0.4) is 0 Å². The molecule has 8 aromatic carbocycles. The molecule has 0 fully saturated rings. The number of aromatic hydroxyl groups is 7. The van der Waals surface area contributed by atoms with Crippen molar-refractivity contribution in [2.45, 2.75) is 0 Å². The number of phenolic OH excluding ortho intramolecular Hbond substituents is 7. The van der Waals surface area contributed by atoms with Gasteiger partial charge in [0.25, 0.3) is 0 Å². The van der Waals surface area contributed by atoms with Crippen molar-refractivity contribution in [3.05, 3.63) is 140 Å². The van der Waals surface area contributed by atoms with Gasteiger partial charge in [-0.05, 0) is 35.9 Å². The Morgan fingerprint density at radius 2 is 1.00 bits per heavy atom. The lowest BCUT2D eigenvalue weighted by molar-refractivity contribution is 0.351. The molecular formula is C51H30N4O8S. The molecule has 4 aromatic heterocycles. The minimum atomic E-state index is -0.997. The van der Waals surface area contributed by atoms with Crippen LogP contribution in [0.25, 0.3) is 115 Å². The minimum Gasteiger partial charge on any atom is -0.504 e. The normalized spacial score (nSPS) is 11.9. The number of fused-ring (bicyclic) bond motifs is 9. The van der Waals surface area contributed by atoms with E-state index in [0.717, 1.165) is 66.3 Å². The lowest BCUT2D eigenvalue weighted by Gasteiger charge is -2.12. The Balaban J connectivity index is 1.08. The average Bonchev–Trinajstić information content (AvgIpc) is 4.03. The SMILES string of the molecule is Oc1c(O)c(O)c2c(sc3c(-c4ccc5c(c4)c4ccccc4n5-c4cccc5c4oc4cccc(-c6nc(-c7ccccc7)nc(-c7ccccc7)n6)c45)c(O)c(O)c(O)c32)c1O. The molecule has 0 radical (unpaired) electrons. The van der Waals surface area contributed by atoms with E-state index in [1.165, 1.54) is 0 Å². The van der Waals surface area contributed by atoms with E-state index in [-0.39, 0.29) is 25.7 Å². The number of phenols is 7. The highest BCUT2D eigenvalue weighted by molar-refractivity contribution is 7.27. The molecule has 7 N–H and O–H groups in total. The third-order valence-electron chi connectivity index (χ3n) is 11.8. The van der Waals surface area contributed by atoms with Crippen molar-refractivity contribution in [2.24, 2.45) is 0 Å². The van der Waals surface area contributed by atoms with Crippen molar-refractivity contribution < 1.29 is 40.2 Å². The summed E-state index contributed by atoms with van der Waals surface area (Å²) < 4.78 is 9.00. The second kappa shape index (κ2) is 13.6. The summed E-state index contributed by atoms with van der Waals surface area (Å²) in [5, 5.41) is 79.0. The lowest BCUT2D eigenvalue weighted by atomic mass is 9.98. The third-order valence-corrected chi connectivity index (χ3v) is 13.0. The summed E-state index contributed by atoms with van der Waals surface area (Å²) in [6.45, 7) is 0. The van der Waals surface area contributed by atoms with E-state index < -0.39 is 40.2 Å². The molecule has 0 spiro atoms. The number of furan rings is 1. The van der Waals surface area contributed by atoms with Gasteiger partial charge in [-0.15, -0.1) is 11.3 Å². The predicted molar refractivity (Wildman–Crippen MR) is 248 cm³/mol. The topological polar surface area (TPSA) is 198 Å². The minimum absolute atomic E-state index is 0.0760. The van der Waals surface area contributed by atoms with E-state index in [2.05, 4.69) is 4.57 Å². The number of hydrogen-bond donors (Lipinski definition) is 7. The number of rotatable bonds is 5. The van der Waals surface area contributed by atoms with Crippen LogP contribution in [0.5, 0.6) is 40.2 Å². The van der Waals surface area contributed by atoms with Crippen LogP contribution < -0.4 is 0 Å². The van der Waals surface area contributed by atoms with Crippen molar-refractivity contribution in [2.75, 3.05) is 0 Å². The molecule has 0 aliphatic carbocycles. The van der Waals surface area contributed by atoms with Crippen molar-refractivity contribution in [1.29, 1.82) is 0 Å². The molecule has 12 nitrogen and oxygen atoms in total. The Morgan fingerprint density at radius 1 is 0.422 bits per heavy atom. The Morgan fingerprint density at radius 3 is 1.72 bits per heavy atom. The molecule has 13 heteroatoms. The molecular weight excluding hydrogens is 829 g/mol. The number of nitrogens with zero attached hydrogens (tertiary/aromatic N) is 4. The van der Waals surface area contributed by atoms with E-state index in [1.807, 2.05) is 133 Å². The Bertz CT molecular complexity index is 3880. The summed E-state index contributed by atoms with van der Waals surface area (Å²) in [6.07, 6.45) is 0. The first-order valence-electron chi connectivity index (χ1n) is 20.0. The fourth-order valence-electron chi connectivity index (χ4n) is 8.91. The van der Waals surface area contributed by atoms with E-state index in [1.54, 1.807) is 6.07 Å². The van der Waals surface area contributed by atoms with E-state index >= 15 is 0 Å². The molecule has 12 rings (SSSR count). The zero-order valence-electron chi connectivity index (χ0n) is 33.0. The van der Waals surface area contributed by atoms with Crippen LogP contribution in [-0.2, 0) is 0 Å². The van der Waals surface area contributed by atoms with Gasteiger partial charge >= 0.3 is 0 Å². The van der Waals surface area contributed by atoms with Gasteiger partial charge in [-0.1, -0.05) is 109 Å². The molecule has 0 unspecified atom stereocenters. The Labute approximate surface area is 364 Å². The van der Waals surface area contributed by atoms with Crippen LogP contribution in [0.15, 0.2) is 144 Å². The van der Waals surface area contributed by atoms with Gasteiger partial charge in [-0.25, -0.2) is 15.0 Å². The second-order valence-electron chi connectivity index (χ2n) is 15.4. The third kappa shape index (κ3) is 5.18. The second-order valence-corrected chi connectivity index (χ2v) is 16.4. The van der Waals surface area contributed by atoms with Gasteiger partial charge in [0.15, 0.2) is 46.1 Å². The van der Waals surface area contributed by atoms with Gasteiger partial charge in [-0.3, -0.25) is 0 Å². The fraction of sp³-hybridized carbons (Fsp3) is 0. The summed E-state index contributed by atoms with van der Waals surface area (Å²) in [6, 6.07) is 44.8. The Hall–Kier alpha value is -8.81. The molecule has 12 aromatic rings. The summed E-state index contributed by atoms with van der Waals surface area (Å²) in [7, 11) is 0. The van der Waals surface area contributed by atoms with E-state index in [4.69, 9.17) is 19.4 Å². The van der Waals surface area contributed by atoms with Gasteiger partial charge < -0.3 is 44.7 Å². The number of thiophene rings is 1. The van der Waals surface area contributed by atoms with Gasteiger partial charge in [0.1, 0.15) is 5.58 Å². The van der Waals surface area contributed by atoms with Gasteiger partial charge in [-0.2, -0.15) is 0 Å². The Kier molecular flexibility index (Phi) is 7.86. The van der Waals surface area contributed by atoms with Crippen LogP contribution in [-0.4, -0.2) is 55.3 Å². The lowest BCUT2D eigenvalue weighted by Crippen LogP contribution is -2.00. The maximum Gasteiger partial charge on any atom is 0.205 e. The van der Waals surface area contributed by atoms with Crippen molar-refractivity contribution >= 4 is 75.3 Å². The highest BCUT2D eigenvalue weighted by Crippen LogP contribution is 2.60. The molecule has 64 heavy (non-hydrogen) atoms. The first-order valence-corrected chi connectivity index (χ1v) is 20.8. The zero-order chi connectivity index (χ0) is 43.5. The van der Waals surface area contributed by atoms with Crippen LogP contribution >= 0.6 is 11.3 Å². The largest absolute Gasteiger partial charge is 0.504 e. The molecule has 0 saturated carbocycles. The molecule has 0 atom stereocenters. The van der Waals surface area contributed by atoms with Crippen LogP contribution in [0.4, 0.5) is 0 Å². The molecule has 308 valence electrons. The summed E-state index contributed by atoms with van der Waals surface area (Å²) in [5.74, 6) is -4.19. The molecule has 4 heterocycles. The molecule has 0 aliphatic heterocycles. The average molecular weight is 859 g/mol. The summed E-state index contributed by atoms with van der Waals surface area (Å²) >= 11 is 0.855. The molecule has 0 amide bonds. The molecule has 0 aliphatic rings. The van der Waals surface area contributed by atoms with Crippen molar-refractivity contribution in [3.8, 4) is 91.2 Å². The maximum atomic E-state index is 11.5. The smallest absolute Gasteiger partial charge is 0.205 e. The zero-order valence-corrected chi connectivity index (χ0v) is 33.8. The van der Waals surface area contributed by atoms with Crippen LogP contribution in [0, 0.1) is 0 Å². The predicted octanol–water partition coefficient (Wildman–Crippen LogP) is 11.8.